The minimum absolute atomic E-state index is 0.0136. The van der Waals surface area contributed by atoms with Gasteiger partial charge in [0.2, 0.25) is 10.0 Å². The first-order valence-electron chi connectivity index (χ1n) is 11.1. The predicted octanol–water partition coefficient (Wildman–Crippen LogP) is 2.07. The Labute approximate surface area is 222 Å². The van der Waals surface area contributed by atoms with Crippen LogP contribution in [-0.2, 0) is 34.3 Å². The monoisotopic (exact) mass is 581 g/mol. The number of carbonyl (C=O) groups is 2. The van der Waals surface area contributed by atoms with Gasteiger partial charge >= 0.3 is 5.97 Å². The molecule has 1 aliphatic heterocycles. The lowest BCUT2D eigenvalue weighted by atomic mass is 10.2. The van der Waals surface area contributed by atoms with Crippen molar-refractivity contribution in [3.8, 4) is 5.75 Å². The van der Waals surface area contributed by atoms with Crippen LogP contribution in [0.1, 0.15) is 10.4 Å². The van der Waals surface area contributed by atoms with E-state index in [-0.39, 0.29) is 39.1 Å². The first kappa shape index (κ1) is 27.5. The standard InChI is InChI=1S/C23H23N3O9S3/c27-20-8-5-17(25-37(30,31)22-2-1-13-36-22)14-19(20)23(29)35-15-21(28)24-16-3-6-18(7-4-16)38(32,33)26-9-11-34-12-10-26/h1-8,13-14,25,27H,9-12,15H2,(H,24,28). The third-order valence-electron chi connectivity index (χ3n) is 5.31. The van der Waals surface area contributed by atoms with E-state index in [9.17, 15) is 31.5 Å². The Kier molecular flexibility index (Phi) is 8.32. The molecule has 4 rings (SSSR count). The lowest BCUT2D eigenvalue weighted by Gasteiger charge is -2.26. The van der Waals surface area contributed by atoms with Gasteiger partial charge in [-0.25, -0.2) is 21.6 Å². The van der Waals surface area contributed by atoms with E-state index in [1.54, 1.807) is 11.4 Å². The average Bonchev–Trinajstić information content (AvgIpc) is 3.46. The number of hydrogen-bond acceptors (Lipinski definition) is 10. The van der Waals surface area contributed by atoms with Crippen molar-refractivity contribution >= 4 is 54.6 Å². The molecule has 0 radical (unpaired) electrons. The van der Waals surface area contributed by atoms with Crippen molar-refractivity contribution < 1.29 is 41.0 Å². The number of phenolic OH excluding ortho intramolecular Hbond substituents is 1. The second kappa shape index (κ2) is 11.5. The van der Waals surface area contributed by atoms with E-state index in [2.05, 4.69) is 10.0 Å². The number of morpholine rings is 1. The number of aromatic hydroxyl groups is 1. The number of carbonyl (C=O) groups excluding carboxylic acids is 2. The van der Waals surface area contributed by atoms with E-state index in [4.69, 9.17) is 9.47 Å². The smallest absolute Gasteiger partial charge is 0.342 e. The maximum Gasteiger partial charge on any atom is 0.342 e. The number of hydrogen-bond donors (Lipinski definition) is 3. The predicted molar refractivity (Wildman–Crippen MR) is 138 cm³/mol. The van der Waals surface area contributed by atoms with Crippen molar-refractivity contribution in [3.05, 3.63) is 65.5 Å². The van der Waals surface area contributed by atoms with Gasteiger partial charge in [-0.1, -0.05) is 6.07 Å². The summed E-state index contributed by atoms with van der Waals surface area (Å²) >= 11 is 1.01. The number of nitrogens with one attached hydrogen (secondary N) is 2. The lowest BCUT2D eigenvalue weighted by Crippen LogP contribution is -2.40. The van der Waals surface area contributed by atoms with Crippen molar-refractivity contribution in [2.45, 2.75) is 9.10 Å². The molecule has 3 aromatic rings. The molecule has 202 valence electrons. The molecule has 0 atom stereocenters. The summed E-state index contributed by atoms with van der Waals surface area (Å²) in [5.41, 5.74) is -0.0543. The van der Waals surface area contributed by atoms with E-state index >= 15 is 0 Å². The van der Waals surface area contributed by atoms with E-state index in [1.165, 1.54) is 40.7 Å². The molecule has 2 heterocycles. The number of nitrogens with zero attached hydrogens (tertiary/aromatic N) is 1. The highest BCUT2D eigenvalue weighted by molar-refractivity contribution is 7.94. The molecule has 0 unspecified atom stereocenters. The summed E-state index contributed by atoms with van der Waals surface area (Å²) in [5.74, 6) is -2.23. The number of anilines is 2. The first-order valence-corrected chi connectivity index (χ1v) is 14.9. The van der Waals surface area contributed by atoms with Crippen LogP contribution in [0.5, 0.6) is 5.75 Å². The van der Waals surface area contributed by atoms with Gasteiger partial charge in [0.15, 0.2) is 6.61 Å². The fourth-order valence-corrected chi connectivity index (χ4v) is 6.89. The van der Waals surface area contributed by atoms with Crippen LogP contribution in [0.3, 0.4) is 0 Å². The van der Waals surface area contributed by atoms with E-state index in [1.807, 2.05) is 0 Å². The largest absolute Gasteiger partial charge is 0.507 e. The maximum absolute atomic E-state index is 12.7. The normalized spacial score (nSPS) is 14.5. The maximum atomic E-state index is 12.7. The van der Waals surface area contributed by atoms with Crippen molar-refractivity contribution in [2.24, 2.45) is 0 Å². The summed E-state index contributed by atoms with van der Waals surface area (Å²) in [7, 11) is -7.57. The third-order valence-corrected chi connectivity index (χ3v) is 10.0. The zero-order valence-electron chi connectivity index (χ0n) is 19.7. The van der Waals surface area contributed by atoms with Crippen molar-refractivity contribution in [1.82, 2.24) is 4.31 Å². The van der Waals surface area contributed by atoms with Crippen molar-refractivity contribution in [3.63, 3.8) is 0 Å². The van der Waals surface area contributed by atoms with Gasteiger partial charge in [-0.15, -0.1) is 11.3 Å². The zero-order valence-corrected chi connectivity index (χ0v) is 22.1. The van der Waals surface area contributed by atoms with Gasteiger partial charge < -0.3 is 19.9 Å². The van der Waals surface area contributed by atoms with Gasteiger partial charge in [-0.05, 0) is 53.9 Å². The Balaban J connectivity index is 1.34. The van der Waals surface area contributed by atoms with Gasteiger partial charge in [0.05, 0.1) is 18.1 Å². The molecule has 0 saturated carbocycles. The Morgan fingerprint density at radius 1 is 1.00 bits per heavy atom. The molecule has 1 amide bonds. The summed E-state index contributed by atoms with van der Waals surface area (Å²) < 4.78 is 64.0. The van der Waals surface area contributed by atoms with E-state index in [0.29, 0.717) is 13.2 Å². The van der Waals surface area contributed by atoms with Crippen LogP contribution in [-0.4, -0.2) is 71.0 Å². The molecular formula is C23H23N3O9S3. The molecule has 3 N–H and O–H groups in total. The Hall–Kier alpha value is -3.50. The number of esters is 1. The average molecular weight is 582 g/mol. The fraction of sp³-hybridized carbons (Fsp3) is 0.217. The van der Waals surface area contributed by atoms with Gasteiger partial charge in [0, 0.05) is 24.5 Å². The molecule has 1 aliphatic rings. The number of benzene rings is 2. The molecule has 1 fully saturated rings. The minimum atomic E-state index is -3.88. The fourth-order valence-electron chi connectivity index (χ4n) is 3.44. The van der Waals surface area contributed by atoms with Crippen LogP contribution in [0.4, 0.5) is 11.4 Å². The van der Waals surface area contributed by atoms with Crippen LogP contribution in [0.15, 0.2) is 69.1 Å². The second-order valence-electron chi connectivity index (χ2n) is 7.93. The highest BCUT2D eigenvalue weighted by atomic mass is 32.2. The molecule has 12 nitrogen and oxygen atoms in total. The van der Waals surface area contributed by atoms with E-state index < -0.39 is 44.3 Å². The Bertz CT molecular complexity index is 1520. The summed E-state index contributed by atoms with van der Waals surface area (Å²) in [4.78, 5) is 24.8. The summed E-state index contributed by atoms with van der Waals surface area (Å²) in [6, 6.07) is 12.0. The van der Waals surface area contributed by atoms with Crippen LogP contribution in [0.25, 0.3) is 0 Å². The van der Waals surface area contributed by atoms with Crippen LogP contribution in [0.2, 0.25) is 0 Å². The first-order chi connectivity index (χ1) is 18.1. The van der Waals surface area contributed by atoms with E-state index in [0.717, 1.165) is 23.5 Å². The molecule has 15 heteroatoms. The summed E-state index contributed by atoms with van der Waals surface area (Å²) in [6.07, 6.45) is 0. The highest BCUT2D eigenvalue weighted by Gasteiger charge is 2.26. The number of sulfonamides is 2. The second-order valence-corrected chi connectivity index (χ2v) is 12.7. The van der Waals surface area contributed by atoms with Crippen LogP contribution >= 0.6 is 11.3 Å². The molecule has 0 aliphatic carbocycles. The molecular weight excluding hydrogens is 558 g/mol. The van der Waals surface area contributed by atoms with Crippen molar-refractivity contribution in [2.75, 3.05) is 42.9 Å². The summed E-state index contributed by atoms with van der Waals surface area (Å²) in [5, 5.41) is 14.1. The number of amides is 1. The Morgan fingerprint density at radius 2 is 1.68 bits per heavy atom. The van der Waals surface area contributed by atoms with Gasteiger partial charge in [-0.2, -0.15) is 4.31 Å². The Morgan fingerprint density at radius 3 is 2.34 bits per heavy atom. The van der Waals surface area contributed by atoms with Gasteiger partial charge in [0.1, 0.15) is 15.5 Å². The lowest BCUT2D eigenvalue weighted by molar-refractivity contribution is -0.119. The van der Waals surface area contributed by atoms with Crippen LogP contribution in [0, 0.1) is 0 Å². The van der Waals surface area contributed by atoms with Crippen molar-refractivity contribution in [1.29, 1.82) is 0 Å². The SMILES string of the molecule is O=C(COC(=O)c1cc(NS(=O)(=O)c2cccs2)ccc1O)Nc1ccc(S(=O)(=O)N2CCOCC2)cc1. The quantitative estimate of drug-likeness (QED) is 0.253. The van der Waals surface area contributed by atoms with Crippen LogP contribution < -0.4 is 10.0 Å². The molecule has 2 aromatic carbocycles. The highest BCUT2D eigenvalue weighted by Crippen LogP contribution is 2.26. The van der Waals surface area contributed by atoms with Gasteiger partial charge in [0.25, 0.3) is 15.9 Å². The number of phenols is 1. The number of thiophene rings is 1. The number of ether oxygens (including phenoxy) is 2. The van der Waals surface area contributed by atoms with Gasteiger partial charge in [-0.3, -0.25) is 9.52 Å². The molecule has 0 bridgehead atoms. The molecule has 1 saturated heterocycles. The molecule has 0 spiro atoms. The summed E-state index contributed by atoms with van der Waals surface area (Å²) in [6.45, 7) is 0.436. The topological polar surface area (TPSA) is 168 Å². The zero-order chi connectivity index (χ0) is 27.3. The molecule has 1 aromatic heterocycles. The number of rotatable bonds is 9. The molecule has 38 heavy (non-hydrogen) atoms. The third kappa shape index (κ3) is 6.49. The minimum Gasteiger partial charge on any atom is -0.507 e.